The zero-order valence-electron chi connectivity index (χ0n) is 19.6. The van der Waals surface area contributed by atoms with Gasteiger partial charge < -0.3 is 19.2 Å². The average Bonchev–Trinajstić information content (AvgIpc) is 3.32. The van der Waals surface area contributed by atoms with Crippen molar-refractivity contribution in [3.8, 4) is 0 Å². The number of carbonyl (C=O) groups is 3. The molecule has 2 heterocycles. The van der Waals surface area contributed by atoms with Gasteiger partial charge in [0, 0.05) is 0 Å². The molecule has 35 heavy (non-hydrogen) atoms. The number of esters is 3. The van der Waals surface area contributed by atoms with Crippen molar-refractivity contribution in [2.75, 3.05) is 6.61 Å². The molecule has 0 radical (unpaired) electrons. The second-order valence-electron chi connectivity index (χ2n) is 8.13. The predicted octanol–water partition coefficient (Wildman–Crippen LogP) is 2.01. The summed E-state index contributed by atoms with van der Waals surface area (Å²) in [6.07, 6.45) is -7.21. The summed E-state index contributed by atoms with van der Waals surface area (Å²) in [4.78, 5) is 53.4. The van der Waals surface area contributed by atoms with Crippen LogP contribution >= 0.6 is 0 Å². The van der Waals surface area contributed by atoms with Gasteiger partial charge in [-0.15, -0.1) is 0 Å². The van der Waals surface area contributed by atoms with E-state index in [2.05, 4.69) is 30.2 Å². The van der Waals surface area contributed by atoms with Crippen molar-refractivity contribution < 1.29 is 41.8 Å². The van der Waals surface area contributed by atoms with Crippen LogP contribution in [0, 0.1) is 0 Å². The lowest BCUT2D eigenvalue weighted by Gasteiger charge is -2.20. The van der Waals surface area contributed by atoms with Gasteiger partial charge in [-0.3, -0.25) is 10.3 Å². The molecule has 4 N–H and O–H groups in total. The highest BCUT2D eigenvalue weighted by atomic mass is 19.4. The van der Waals surface area contributed by atoms with Crippen LogP contribution in [0.5, 0.6) is 0 Å². The van der Waals surface area contributed by atoms with Crippen LogP contribution in [0.2, 0.25) is 0 Å². The number of aromatic nitrogens is 4. The molecule has 0 fully saturated rings. The fraction of sp³-hybridized carbons (Fsp3) is 0.550. The van der Waals surface area contributed by atoms with Crippen molar-refractivity contribution in [2.45, 2.75) is 65.6 Å². The summed E-state index contributed by atoms with van der Waals surface area (Å²) in [7, 11) is 0. The van der Waals surface area contributed by atoms with Gasteiger partial charge in [0.25, 0.3) is 0 Å². The lowest BCUT2D eigenvalue weighted by atomic mass is 10.0. The van der Waals surface area contributed by atoms with E-state index in [1.54, 1.807) is 27.7 Å². The van der Waals surface area contributed by atoms with E-state index in [4.69, 9.17) is 9.47 Å². The third-order valence-corrected chi connectivity index (χ3v) is 4.29. The maximum Gasteiger partial charge on any atom is 0.490 e. The summed E-state index contributed by atoms with van der Waals surface area (Å²) in [5, 5.41) is 8.15. The standard InChI is InChI=1S/C20H26F3N5O7/c1-6-9-11(15(29)33-7-2)13(26-12(9)16(30)35-19(3,4)5)14(34-17(31)20(21,22)23)24-8-10-25-18(32)28-27-10/h14,24,26H,6-8H2,1-5H3,(H2,25,27,28,32). The molecule has 2 aromatic heterocycles. The number of hydrogen-bond acceptors (Lipinski definition) is 9. The average molecular weight is 505 g/mol. The SMILES string of the molecule is CCOC(=O)c1c(C(NCc2n[nH]c(=O)[nH]2)OC(=O)C(F)(F)F)[nH]c(C(=O)OC(C)(C)C)c1CC. The van der Waals surface area contributed by atoms with E-state index in [1.165, 1.54) is 6.92 Å². The van der Waals surface area contributed by atoms with Crippen LogP contribution in [0.15, 0.2) is 4.79 Å². The smallest absolute Gasteiger partial charge is 0.462 e. The fourth-order valence-electron chi connectivity index (χ4n) is 3.00. The van der Waals surface area contributed by atoms with Crippen molar-refractivity contribution in [1.29, 1.82) is 0 Å². The first-order valence-corrected chi connectivity index (χ1v) is 10.5. The number of hydrogen-bond donors (Lipinski definition) is 4. The van der Waals surface area contributed by atoms with E-state index < -0.39 is 41.6 Å². The van der Waals surface area contributed by atoms with Gasteiger partial charge in [0.2, 0.25) is 0 Å². The molecule has 0 saturated carbocycles. The Kier molecular flexibility index (Phi) is 8.49. The summed E-state index contributed by atoms with van der Waals surface area (Å²) in [5.41, 5.74) is -2.41. The Bertz CT molecular complexity index is 1130. The zero-order valence-corrected chi connectivity index (χ0v) is 19.6. The molecular weight excluding hydrogens is 479 g/mol. The maximum absolute atomic E-state index is 13.0. The van der Waals surface area contributed by atoms with Gasteiger partial charge in [-0.1, -0.05) is 6.92 Å². The van der Waals surface area contributed by atoms with Crippen molar-refractivity contribution in [3.63, 3.8) is 0 Å². The van der Waals surface area contributed by atoms with Gasteiger partial charge in [0.15, 0.2) is 6.23 Å². The number of rotatable bonds is 9. The van der Waals surface area contributed by atoms with Crippen LogP contribution < -0.4 is 11.0 Å². The van der Waals surface area contributed by atoms with E-state index >= 15 is 0 Å². The van der Waals surface area contributed by atoms with E-state index in [-0.39, 0.29) is 47.9 Å². The minimum Gasteiger partial charge on any atom is -0.462 e. The molecule has 1 unspecified atom stereocenters. The quantitative estimate of drug-likeness (QED) is 0.226. The van der Waals surface area contributed by atoms with Crippen LogP contribution in [-0.4, -0.2) is 56.5 Å². The number of carbonyl (C=O) groups excluding carboxylic acids is 3. The second-order valence-corrected chi connectivity index (χ2v) is 8.13. The van der Waals surface area contributed by atoms with Crippen molar-refractivity contribution >= 4 is 17.9 Å². The number of H-pyrrole nitrogens is 3. The van der Waals surface area contributed by atoms with E-state index in [9.17, 15) is 32.3 Å². The number of halogens is 3. The van der Waals surface area contributed by atoms with E-state index in [0.29, 0.717) is 0 Å². The van der Waals surface area contributed by atoms with Gasteiger partial charge in [-0.05, 0) is 39.7 Å². The van der Waals surface area contributed by atoms with Crippen LogP contribution in [0.3, 0.4) is 0 Å². The first kappa shape index (κ1) is 27.6. The lowest BCUT2D eigenvalue weighted by molar-refractivity contribution is -0.207. The molecular formula is C20H26F3N5O7. The minimum absolute atomic E-state index is 0.0321. The Morgan fingerprint density at radius 2 is 1.74 bits per heavy atom. The molecule has 0 spiro atoms. The summed E-state index contributed by atoms with van der Waals surface area (Å²) in [5.74, 6) is -4.45. The van der Waals surface area contributed by atoms with Crippen LogP contribution in [0.4, 0.5) is 13.2 Å². The first-order valence-electron chi connectivity index (χ1n) is 10.5. The van der Waals surface area contributed by atoms with Gasteiger partial charge in [0.05, 0.1) is 24.4 Å². The van der Waals surface area contributed by atoms with Crippen molar-refractivity contribution in [3.05, 3.63) is 38.8 Å². The summed E-state index contributed by atoms with van der Waals surface area (Å²) in [6.45, 7) is 7.45. The molecule has 0 aliphatic carbocycles. The largest absolute Gasteiger partial charge is 0.490 e. The van der Waals surface area contributed by atoms with Crippen LogP contribution in [0.25, 0.3) is 0 Å². The monoisotopic (exact) mass is 505 g/mol. The lowest BCUT2D eigenvalue weighted by Crippen LogP contribution is -2.34. The molecule has 194 valence electrons. The highest BCUT2D eigenvalue weighted by molar-refractivity contribution is 5.99. The fourth-order valence-corrected chi connectivity index (χ4v) is 3.00. The highest BCUT2D eigenvalue weighted by Crippen LogP contribution is 2.30. The van der Waals surface area contributed by atoms with Gasteiger partial charge in [0.1, 0.15) is 17.1 Å². The molecule has 15 heteroatoms. The maximum atomic E-state index is 13.0. The topological polar surface area (TPSA) is 168 Å². The summed E-state index contributed by atoms with van der Waals surface area (Å²) < 4.78 is 53.9. The molecule has 0 bridgehead atoms. The van der Waals surface area contributed by atoms with Crippen LogP contribution in [0.1, 0.15) is 78.8 Å². The Hall–Kier alpha value is -3.62. The molecule has 0 amide bonds. The Labute approximate surface area is 196 Å². The van der Waals surface area contributed by atoms with Crippen molar-refractivity contribution in [1.82, 2.24) is 25.5 Å². The van der Waals surface area contributed by atoms with E-state index in [0.717, 1.165) is 0 Å². The molecule has 0 saturated heterocycles. The van der Waals surface area contributed by atoms with Gasteiger partial charge in [-0.25, -0.2) is 24.3 Å². The Morgan fingerprint density at radius 1 is 1.09 bits per heavy atom. The Morgan fingerprint density at radius 3 is 2.23 bits per heavy atom. The number of nitrogens with zero attached hydrogens (tertiary/aromatic N) is 1. The first-order chi connectivity index (χ1) is 16.2. The van der Waals surface area contributed by atoms with Gasteiger partial charge >= 0.3 is 29.8 Å². The molecule has 12 nitrogen and oxygen atoms in total. The normalized spacial score (nSPS) is 12.8. The molecule has 2 rings (SSSR count). The highest BCUT2D eigenvalue weighted by Gasteiger charge is 2.44. The third kappa shape index (κ3) is 7.18. The number of aromatic amines is 3. The van der Waals surface area contributed by atoms with Crippen LogP contribution in [-0.2, 0) is 32.0 Å². The van der Waals surface area contributed by atoms with E-state index in [1.807, 2.05) is 0 Å². The molecule has 0 aliphatic rings. The molecule has 2 aromatic rings. The second kappa shape index (κ2) is 10.8. The summed E-state index contributed by atoms with van der Waals surface area (Å²) >= 11 is 0. The molecule has 0 aromatic carbocycles. The number of ether oxygens (including phenoxy) is 3. The zero-order chi connectivity index (χ0) is 26.6. The predicted molar refractivity (Wildman–Crippen MR) is 112 cm³/mol. The van der Waals surface area contributed by atoms with Crippen molar-refractivity contribution in [2.24, 2.45) is 0 Å². The molecule has 1 atom stereocenters. The molecule has 0 aliphatic heterocycles. The summed E-state index contributed by atoms with van der Waals surface area (Å²) in [6, 6.07) is 0. The third-order valence-electron chi connectivity index (χ3n) is 4.29. The number of nitrogens with one attached hydrogen (secondary N) is 4. The number of alkyl halides is 3. The minimum atomic E-state index is -5.36. The Balaban J connectivity index is 2.62. The van der Waals surface area contributed by atoms with Gasteiger partial charge in [-0.2, -0.15) is 18.3 Å².